The second-order valence-electron chi connectivity index (χ2n) is 7.79. The molecule has 2 heterocycles. The number of aromatic amines is 1. The van der Waals surface area contributed by atoms with E-state index in [1.165, 1.54) is 0 Å². The summed E-state index contributed by atoms with van der Waals surface area (Å²) in [5.74, 6) is 0.396. The van der Waals surface area contributed by atoms with E-state index in [-0.39, 0.29) is 17.9 Å². The van der Waals surface area contributed by atoms with Crippen molar-refractivity contribution in [3.8, 4) is 5.75 Å². The quantitative estimate of drug-likeness (QED) is 0.532. The van der Waals surface area contributed by atoms with Crippen molar-refractivity contribution in [2.75, 3.05) is 12.4 Å². The summed E-state index contributed by atoms with van der Waals surface area (Å²) in [5, 5.41) is 5.89. The van der Waals surface area contributed by atoms with E-state index in [9.17, 15) is 9.59 Å². The smallest absolute Gasteiger partial charge is 0.256 e. The van der Waals surface area contributed by atoms with E-state index in [0.29, 0.717) is 16.8 Å². The van der Waals surface area contributed by atoms with Crippen LogP contribution in [0.5, 0.6) is 5.75 Å². The minimum Gasteiger partial charge on any atom is -0.497 e. The standard InChI is InChI=1S/C25H25N3O3/c1-14-11-15(2)26-23(14)13-21-20-12-18(7-10-22(20)28-25(21)30)24(29)27-16(3)17-5-8-19(31-4)9-6-17/h5-13,16,26H,1-4H3,(H,27,29)(H,28,30)/b21-13-/t16-/m1/s1. The molecule has 0 bridgehead atoms. The molecule has 1 aliphatic heterocycles. The van der Waals surface area contributed by atoms with Crippen molar-refractivity contribution in [2.45, 2.75) is 26.8 Å². The molecular weight excluding hydrogens is 390 g/mol. The lowest BCUT2D eigenvalue weighted by atomic mass is 10.0. The molecule has 6 nitrogen and oxygen atoms in total. The molecule has 0 aliphatic carbocycles. The van der Waals surface area contributed by atoms with Crippen molar-refractivity contribution >= 4 is 29.2 Å². The van der Waals surface area contributed by atoms with Gasteiger partial charge < -0.3 is 20.4 Å². The zero-order valence-electron chi connectivity index (χ0n) is 18.0. The van der Waals surface area contributed by atoms with Gasteiger partial charge in [-0.1, -0.05) is 12.1 Å². The van der Waals surface area contributed by atoms with Crippen LogP contribution in [0.1, 0.15) is 51.4 Å². The first-order valence-corrected chi connectivity index (χ1v) is 10.1. The maximum absolute atomic E-state index is 12.9. The first-order chi connectivity index (χ1) is 14.9. The van der Waals surface area contributed by atoms with Gasteiger partial charge in [0.1, 0.15) is 5.75 Å². The molecule has 6 heteroatoms. The molecule has 1 atom stereocenters. The largest absolute Gasteiger partial charge is 0.497 e. The fourth-order valence-electron chi connectivity index (χ4n) is 3.77. The average molecular weight is 415 g/mol. The maximum atomic E-state index is 12.9. The van der Waals surface area contributed by atoms with E-state index < -0.39 is 0 Å². The first kappa shape index (κ1) is 20.5. The molecule has 0 fully saturated rings. The third-order valence-electron chi connectivity index (χ3n) is 5.51. The number of aryl methyl sites for hydroxylation is 2. The molecular formula is C25H25N3O3. The van der Waals surface area contributed by atoms with Crippen LogP contribution in [0, 0.1) is 13.8 Å². The number of benzene rings is 2. The van der Waals surface area contributed by atoms with Crippen molar-refractivity contribution in [3.63, 3.8) is 0 Å². The van der Waals surface area contributed by atoms with Gasteiger partial charge in [-0.25, -0.2) is 0 Å². The molecule has 0 unspecified atom stereocenters. The molecule has 31 heavy (non-hydrogen) atoms. The number of amides is 2. The van der Waals surface area contributed by atoms with Crippen LogP contribution in [-0.2, 0) is 4.79 Å². The average Bonchev–Trinajstić information content (AvgIpc) is 3.25. The van der Waals surface area contributed by atoms with E-state index in [2.05, 4.69) is 15.6 Å². The molecule has 2 aromatic carbocycles. The number of ether oxygens (including phenoxy) is 1. The minimum atomic E-state index is -0.197. The SMILES string of the molecule is COc1ccc([C@@H](C)NC(=O)c2ccc3c(c2)/C(=C/c2[nH]c(C)cc2C)C(=O)N3)cc1. The summed E-state index contributed by atoms with van der Waals surface area (Å²) >= 11 is 0. The Balaban J connectivity index is 1.58. The van der Waals surface area contributed by atoms with Crippen LogP contribution < -0.4 is 15.4 Å². The number of carbonyl (C=O) groups is 2. The second kappa shape index (κ2) is 8.14. The van der Waals surface area contributed by atoms with Crippen molar-refractivity contribution in [2.24, 2.45) is 0 Å². The lowest BCUT2D eigenvalue weighted by Gasteiger charge is -2.15. The Morgan fingerprint density at radius 3 is 2.48 bits per heavy atom. The van der Waals surface area contributed by atoms with Gasteiger partial charge in [-0.15, -0.1) is 0 Å². The monoisotopic (exact) mass is 415 g/mol. The van der Waals surface area contributed by atoms with Gasteiger partial charge in [0.15, 0.2) is 0 Å². The summed E-state index contributed by atoms with van der Waals surface area (Å²) in [7, 11) is 1.62. The number of nitrogens with one attached hydrogen (secondary N) is 3. The number of aromatic nitrogens is 1. The van der Waals surface area contributed by atoms with Crippen LogP contribution in [0.3, 0.4) is 0 Å². The van der Waals surface area contributed by atoms with E-state index in [1.807, 2.05) is 57.2 Å². The van der Waals surface area contributed by atoms with Crippen molar-refractivity contribution in [1.82, 2.24) is 10.3 Å². The third-order valence-corrected chi connectivity index (χ3v) is 5.51. The van der Waals surface area contributed by atoms with Crippen molar-refractivity contribution in [3.05, 3.63) is 82.2 Å². The summed E-state index contributed by atoms with van der Waals surface area (Å²) in [6.07, 6.45) is 1.84. The van der Waals surface area contributed by atoms with Crippen LogP contribution in [0.25, 0.3) is 11.6 Å². The fourth-order valence-corrected chi connectivity index (χ4v) is 3.77. The van der Waals surface area contributed by atoms with Gasteiger partial charge in [0.2, 0.25) is 0 Å². The van der Waals surface area contributed by atoms with Gasteiger partial charge in [0, 0.05) is 28.2 Å². The molecule has 2 amide bonds. The molecule has 3 N–H and O–H groups in total. The second-order valence-corrected chi connectivity index (χ2v) is 7.79. The highest BCUT2D eigenvalue weighted by Crippen LogP contribution is 2.34. The molecule has 3 aromatic rings. The van der Waals surface area contributed by atoms with E-state index >= 15 is 0 Å². The van der Waals surface area contributed by atoms with Gasteiger partial charge >= 0.3 is 0 Å². The summed E-state index contributed by atoms with van der Waals surface area (Å²) < 4.78 is 5.18. The van der Waals surface area contributed by atoms with Crippen molar-refractivity contribution < 1.29 is 14.3 Å². The Morgan fingerprint density at radius 2 is 1.84 bits per heavy atom. The third kappa shape index (κ3) is 4.10. The molecule has 158 valence electrons. The van der Waals surface area contributed by atoms with Crippen LogP contribution >= 0.6 is 0 Å². The number of carbonyl (C=O) groups excluding carboxylic acids is 2. The predicted octanol–water partition coefficient (Wildman–Crippen LogP) is 4.62. The Morgan fingerprint density at radius 1 is 1.10 bits per heavy atom. The zero-order valence-corrected chi connectivity index (χ0v) is 18.0. The van der Waals surface area contributed by atoms with Crippen LogP contribution in [0.15, 0.2) is 48.5 Å². The normalized spacial score (nSPS) is 14.8. The maximum Gasteiger partial charge on any atom is 0.256 e. The molecule has 0 spiro atoms. The predicted molar refractivity (Wildman–Crippen MR) is 122 cm³/mol. The number of anilines is 1. The Hall–Kier alpha value is -3.80. The number of fused-ring (bicyclic) bond motifs is 1. The summed E-state index contributed by atoms with van der Waals surface area (Å²) in [4.78, 5) is 28.7. The summed E-state index contributed by atoms with van der Waals surface area (Å²) in [5.41, 5.74) is 6.43. The Kier molecular flexibility index (Phi) is 5.38. The molecule has 1 aliphatic rings. The van der Waals surface area contributed by atoms with Gasteiger partial charge in [-0.3, -0.25) is 9.59 Å². The van der Waals surface area contributed by atoms with Gasteiger partial charge in [-0.2, -0.15) is 0 Å². The highest BCUT2D eigenvalue weighted by atomic mass is 16.5. The molecule has 0 saturated carbocycles. The van der Waals surface area contributed by atoms with Gasteiger partial charge in [0.05, 0.1) is 18.7 Å². The van der Waals surface area contributed by atoms with Crippen LogP contribution in [0.2, 0.25) is 0 Å². The lowest BCUT2D eigenvalue weighted by molar-refractivity contribution is -0.110. The Bertz CT molecular complexity index is 1190. The van der Waals surface area contributed by atoms with Gasteiger partial charge in [0.25, 0.3) is 11.8 Å². The van der Waals surface area contributed by atoms with E-state index in [0.717, 1.165) is 33.8 Å². The highest BCUT2D eigenvalue weighted by Gasteiger charge is 2.26. The molecule has 0 saturated heterocycles. The highest BCUT2D eigenvalue weighted by molar-refractivity contribution is 6.35. The fraction of sp³-hybridized carbons (Fsp3) is 0.200. The molecule has 4 rings (SSSR count). The summed E-state index contributed by atoms with van der Waals surface area (Å²) in [6, 6.07) is 14.7. The number of rotatable bonds is 5. The topological polar surface area (TPSA) is 83.2 Å². The molecule has 0 radical (unpaired) electrons. The Labute approximate surface area is 181 Å². The lowest BCUT2D eigenvalue weighted by Crippen LogP contribution is -2.26. The minimum absolute atomic E-state index is 0.175. The first-order valence-electron chi connectivity index (χ1n) is 10.1. The number of hydrogen-bond acceptors (Lipinski definition) is 3. The van der Waals surface area contributed by atoms with Crippen LogP contribution in [-0.4, -0.2) is 23.9 Å². The number of hydrogen-bond donors (Lipinski definition) is 3. The molecule has 1 aromatic heterocycles. The number of H-pyrrole nitrogens is 1. The van der Waals surface area contributed by atoms with Gasteiger partial charge in [-0.05, 0) is 74.4 Å². The number of methoxy groups -OCH3 is 1. The zero-order chi connectivity index (χ0) is 22.1. The summed E-state index contributed by atoms with van der Waals surface area (Å²) in [6.45, 7) is 5.90. The van der Waals surface area contributed by atoms with Crippen LogP contribution in [0.4, 0.5) is 5.69 Å². The van der Waals surface area contributed by atoms with E-state index in [4.69, 9.17) is 4.74 Å². The van der Waals surface area contributed by atoms with E-state index in [1.54, 1.807) is 25.3 Å². The van der Waals surface area contributed by atoms with Crippen molar-refractivity contribution in [1.29, 1.82) is 0 Å².